The number of thiazole rings is 1. The number of carbonyl (C=O) groups is 1. The Morgan fingerprint density at radius 3 is 2.67 bits per heavy atom. The molecule has 2 aliphatic heterocycles. The van der Waals surface area contributed by atoms with Crippen molar-refractivity contribution >= 4 is 23.0 Å². The van der Waals surface area contributed by atoms with Crippen LogP contribution in [0.15, 0.2) is 51.9 Å². The normalized spacial score (nSPS) is 18.0. The minimum atomic E-state index is -0.832. The number of rotatable bonds is 5. The van der Waals surface area contributed by atoms with Gasteiger partial charge < -0.3 is 14.3 Å². The lowest BCUT2D eigenvalue weighted by Gasteiger charge is -2.31. The summed E-state index contributed by atoms with van der Waals surface area (Å²) in [6.07, 6.45) is 2.34. The van der Waals surface area contributed by atoms with Crippen LogP contribution in [-0.2, 0) is 16.2 Å². The van der Waals surface area contributed by atoms with E-state index in [2.05, 4.69) is 5.16 Å². The predicted molar refractivity (Wildman–Crippen MR) is 127 cm³/mol. The number of nitriles is 1. The topological polar surface area (TPSA) is 101 Å². The molecule has 5 rings (SSSR count). The SMILES string of the molecule is N#Cc1cccn(CC(=O)N2CCC(c3nc(C4=NOC(c5c(F)cccc5F)C4)cs3)CC2)c1=O. The fourth-order valence-electron chi connectivity index (χ4n) is 4.48. The van der Waals surface area contributed by atoms with Crippen LogP contribution in [0.3, 0.4) is 0 Å². The summed E-state index contributed by atoms with van der Waals surface area (Å²) in [5.74, 6) is -1.34. The van der Waals surface area contributed by atoms with Gasteiger partial charge in [-0.05, 0) is 37.1 Å². The zero-order valence-electron chi connectivity index (χ0n) is 19.1. The van der Waals surface area contributed by atoms with Crippen molar-refractivity contribution in [3.63, 3.8) is 0 Å². The molecule has 36 heavy (non-hydrogen) atoms. The fraction of sp³-hybridized carbons (Fsp3) is 0.320. The summed E-state index contributed by atoms with van der Waals surface area (Å²) < 4.78 is 29.5. The number of benzene rings is 1. The number of pyridine rings is 1. The van der Waals surface area contributed by atoms with Gasteiger partial charge in [0.1, 0.15) is 35.5 Å². The molecule has 1 fully saturated rings. The van der Waals surface area contributed by atoms with Crippen molar-refractivity contribution in [3.8, 4) is 6.07 Å². The number of likely N-dealkylation sites (tertiary alicyclic amines) is 1. The van der Waals surface area contributed by atoms with Gasteiger partial charge in [-0.3, -0.25) is 9.59 Å². The van der Waals surface area contributed by atoms with Crippen LogP contribution < -0.4 is 5.56 Å². The molecular weight excluding hydrogens is 488 g/mol. The van der Waals surface area contributed by atoms with E-state index in [4.69, 9.17) is 15.1 Å². The van der Waals surface area contributed by atoms with Crippen LogP contribution >= 0.6 is 11.3 Å². The Labute approximate surface area is 209 Å². The number of amides is 1. The standard InChI is InChI=1S/C25H21F2N5O3S/c26-17-4-1-5-18(27)23(17)21-11-19(30-35-21)20-14-36-24(29-20)15-6-9-31(10-7-15)22(33)13-32-8-2-3-16(12-28)25(32)34/h1-5,8,14-15,21H,6-7,9-11,13H2. The zero-order chi connectivity index (χ0) is 25.2. The lowest BCUT2D eigenvalue weighted by atomic mass is 9.97. The number of oxime groups is 1. The summed E-state index contributed by atoms with van der Waals surface area (Å²) >= 11 is 1.49. The van der Waals surface area contributed by atoms with E-state index < -0.39 is 23.3 Å². The third-order valence-electron chi connectivity index (χ3n) is 6.45. The van der Waals surface area contributed by atoms with Crippen LogP contribution in [0.4, 0.5) is 8.78 Å². The third-order valence-corrected chi connectivity index (χ3v) is 7.46. The van der Waals surface area contributed by atoms with Gasteiger partial charge >= 0.3 is 0 Å². The Balaban J connectivity index is 1.18. The van der Waals surface area contributed by atoms with E-state index in [1.807, 2.05) is 11.4 Å². The quantitative estimate of drug-likeness (QED) is 0.522. The summed E-state index contributed by atoms with van der Waals surface area (Å²) in [4.78, 5) is 36.7. The van der Waals surface area contributed by atoms with Crippen molar-refractivity contribution in [2.45, 2.75) is 37.8 Å². The molecule has 0 aliphatic carbocycles. The monoisotopic (exact) mass is 509 g/mol. The molecule has 1 saturated heterocycles. The molecule has 2 aliphatic rings. The summed E-state index contributed by atoms with van der Waals surface area (Å²) in [6, 6.07) is 8.54. The maximum Gasteiger partial charge on any atom is 0.268 e. The van der Waals surface area contributed by atoms with Crippen molar-refractivity contribution < 1.29 is 18.4 Å². The van der Waals surface area contributed by atoms with Gasteiger partial charge in [-0.1, -0.05) is 11.2 Å². The molecule has 2 aromatic heterocycles. The van der Waals surface area contributed by atoms with Crippen LogP contribution in [0.25, 0.3) is 0 Å². The van der Waals surface area contributed by atoms with E-state index in [1.165, 1.54) is 46.4 Å². The molecule has 184 valence electrons. The number of hydrogen-bond donors (Lipinski definition) is 0. The minimum absolute atomic E-state index is 0.00575. The first-order valence-electron chi connectivity index (χ1n) is 11.4. The van der Waals surface area contributed by atoms with Crippen molar-refractivity contribution in [3.05, 3.63) is 85.7 Å². The van der Waals surface area contributed by atoms with Gasteiger partial charge in [0.25, 0.3) is 5.56 Å². The van der Waals surface area contributed by atoms with Gasteiger partial charge in [-0.25, -0.2) is 13.8 Å². The van der Waals surface area contributed by atoms with Crippen LogP contribution in [0.2, 0.25) is 0 Å². The Morgan fingerprint density at radius 1 is 1.19 bits per heavy atom. The fourth-order valence-corrected chi connectivity index (χ4v) is 5.48. The molecule has 4 heterocycles. The van der Waals surface area contributed by atoms with Crippen LogP contribution in [0, 0.1) is 23.0 Å². The first-order chi connectivity index (χ1) is 17.4. The summed E-state index contributed by atoms with van der Waals surface area (Å²) in [5.41, 5.74) is 0.571. The Morgan fingerprint density at radius 2 is 1.94 bits per heavy atom. The van der Waals surface area contributed by atoms with Gasteiger partial charge in [-0.2, -0.15) is 5.26 Å². The highest BCUT2D eigenvalue weighted by atomic mass is 32.1. The molecule has 1 atom stereocenters. The maximum atomic E-state index is 14.1. The average molecular weight is 510 g/mol. The van der Waals surface area contributed by atoms with E-state index in [0.29, 0.717) is 24.5 Å². The largest absolute Gasteiger partial charge is 0.387 e. The van der Waals surface area contributed by atoms with Gasteiger partial charge in [0, 0.05) is 37.0 Å². The predicted octanol–water partition coefficient (Wildman–Crippen LogP) is 3.73. The molecule has 0 N–H and O–H groups in total. The lowest BCUT2D eigenvalue weighted by Crippen LogP contribution is -2.41. The Bertz CT molecular complexity index is 1420. The molecule has 11 heteroatoms. The molecule has 8 nitrogen and oxygen atoms in total. The number of carbonyl (C=O) groups excluding carboxylic acids is 1. The van der Waals surface area contributed by atoms with Gasteiger partial charge in [-0.15, -0.1) is 11.3 Å². The number of piperidine rings is 1. The highest BCUT2D eigenvalue weighted by Gasteiger charge is 2.31. The summed E-state index contributed by atoms with van der Waals surface area (Å²) in [7, 11) is 0. The molecule has 1 amide bonds. The summed E-state index contributed by atoms with van der Waals surface area (Å²) in [5, 5.41) is 15.8. The van der Waals surface area contributed by atoms with E-state index in [1.54, 1.807) is 11.0 Å². The number of nitrogens with zero attached hydrogens (tertiary/aromatic N) is 5. The average Bonchev–Trinajstić information content (AvgIpc) is 3.56. The second-order valence-electron chi connectivity index (χ2n) is 8.66. The Hall–Kier alpha value is -3.91. The van der Waals surface area contributed by atoms with Crippen molar-refractivity contribution in [1.82, 2.24) is 14.5 Å². The number of hydrogen-bond acceptors (Lipinski definition) is 7. The van der Waals surface area contributed by atoms with Crippen molar-refractivity contribution in [2.75, 3.05) is 13.1 Å². The molecular formula is C25H21F2N5O3S. The Kier molecular flexibility index (Phi) is 6.61. The van der Waals surface area contributed by atoms with Gasteiger partial charge in [0.15, 0.2) is 6.10 Å². The first kappa shape index (κ1) is 23.8. The van der Waals surface area contributed by atoms with Crippen LogP contribution in [-0.4, -0.2) is 39.2 Å². The molecule has 1 unspecified atom stereocenters. The van der Waals surface area contributed by atoms with E-state index in [9.17, 15) is 18.4 Å². The molecule has 0 radical (unpaired) electrons. The van der Waals surface area contributed by atoms with E-state index >= 15 is 0 Å². The van der Waals surface area contributed by atoms with Gasteiger partial charge in [0.05, 0.1) is 16.3 Å². The third kappa shape index (κ3) is 4.64. The lowest BCUT2D eigenvalue weighted by molar-refractivity contribution is -0.132. The smallest absolute Gasteiger partial charge is 0.268 e. The number of aromatic nitrogens is 2. The maximum absolute atomic E-state index is 14.1. The molecule has 0 spiro atoms. The number of halogens is 2. The summed E-state index contributed by atoms with van der Waals surface area (Å²) in [6.45, 7) is 0.956. The molecule has 1 aromatic carbocycles. The van der Waals surface area contributed by atoms with Crippen LogP contribution in [0.5, 0.6) is 0 Å². The van der Waals surface area contributed by atoms with Crippen molar-refractivity contribution in [1.29, 1.82) is 5.26 Å². The minimum Gasteiger partial charge on any atom is -0.387 e. The second-order valence-corrected chi connectivity index (χ2v) is 9.55. The molecule has 3 aromatic rings. The first-order valence-corrected chi connectivity index (χ1v) is 12.3. The van der Waals surface area contributed by atoms with E-state index in [0.717, 1.165) is 17.8 Å². The highest BCUT2D eigenvalue weighted by molar-refractivity contribution is 7.10. The highest BCUT2D eigenvalue weighted by Crippen LogP contribution is 2.35. The van der Waals surface area contributed by atoms with Crippen LogP contribution in [0.1, 0.15) is 53.1 Å². The molecule has 0 bridgehead atoms. The van der Waals surface area contributed by atoms with E-state index in [-0.39, 0.29) is 35.9 Å². The second kappa shape index (κ2) is 9.99. The van der Waals surface area contributed by atoms with Crippen molar-refractivity contribution in [2.24, 2.45) is 5.16 Å². The molecule has 0 saturated carbocycles. The van der Waals surface area contributed by atoms with Gasteiger partial charge in [0.2, 0.25) is 5.91 Å². The zero-order valence-corrected chi connectivity index (χ0v) is 19.9.